The number of ketones is 2. The molecule has 0 bridgehead atoms. The lowest BCUT2D eigenvalue weighted by molar-refractivity contribution is -0.150. The molecule has 16 nitrogen and oxygen atoms in total. The van der Waals surface area contributed by atoms with Crippen LogP contribution < -0.4 is 0 Å². The van der Waals surface area contributed by atoms with E-state index in [0.717, 1.165) is 5.56 Å². The van der Waals surface area contributed by atoms with E-state index in [1.807, 2.05) is 71.9 Å². The van der Waals surface area contributed by atoms with Crippen LogP contribution in [0.4, 0.5) is 0 Å². The quantitative estimate of drug-likeness (QED) is 0.0415. The first-order chi connectivity index (χ1) is 29.4. The molecule has 9 atom stereocenters. The van der Waals surface area contributed by atoms with Gasteiger partial charge in [-0.15, -0.1) is 0 Å². The number of benzene rings is 1. The maximum atomic E-state index is 14.5. The Morgan fingerprint density at radius 1 is 0.903 bits per heavy atom. The molecular weight excluding hydrogens is 797 g/mol. The molecule has 0 aromatic heterocycles. The fourth-order valence-corrected chi connectivity index (χ4v) is 8.90. The highest BCUT2D eigenvalue weighted by molar-refractivity contribution is 5.93. The second kappa shape index (κ2) is 27.0. The zero-order chi connectivity index (χ0) is 46.7. The number of methoxy groups -OCH3 is 2. The Kier molecular flexibility index (Phi) is 23.4. The Hall–Kier alpha value is -4.37. The van der Waals surface area contributed by atoms with Crippen molar-refractivity contribution in [2.45, 2.75) is 130 Å². The van der Waals surface area contributed by atoms with Crippen LogP contribution in [0.3, 0.4) is 0 Å². The summed E-state index contributed by atoms with van der Waals surface area (Å²) in [6.45, 7) is 14.1. The second-order valence-corrected chi connectivity index (χ2v) is 17.5. The highest BCUT2D eigenvalue weighted by Gasteiger charge is 2.43. The summed E-state index contributed by atoms with van der Waals surface area (Å²) in [5.74, 6) is -5.08. The van der Waals surface area contributed by atoms with Crippen LogP contribution in [-0.4, -0.2) is 140 Å². The van der Waals surface area contributed by atoms with Gasteiger partial charge in [0.15, 0.2) is 5.78 Å². The van der Waals surface area contributed by atoms with Crippen molar-refractivity contribution >= 4 is 35.3 Å². The van der Waals surface area contributed by atoms with Gasteiger partial charge in [0.05, 0.1) is 62.3 Å². The molecular formula is C46H74N6O10. The lowest BCUT2D eigenvalue weighted by Crippen LogP contribution is -2.54. The molecule has 348 valence electrons. The fraction of sp³-hybridized carbons (Fsp3) is 0.739. The fourth-order valence-electron chi connectivity index (χ4n) is 8.90. The molecule has 0 unspecified atom stereocenters. The minimum atomic E-state index is -1.05. The maximum absolute atomic E-state index is 14.5. The van der Waals surface area contributed by atoms with Crippen LogP contribution in [0.5, 0.6) is 0 Å². The second-order valence-electron chi connectivity index (χ2n) is 17.5. The number of carboxylic acid groups (broad SMARTS) is 1. The van der Waals surface area contributed by atoms with Crippen molar-refractivity contribution in [3.8, 4) is 0 Å². The molecule has 2 rings (SSSR count). The molecule has 0 saturated carbocycles. The molecule has 1 N–H and O–H groups in total. The van der Waals surface area contributed by atoms with Crippen LogP contribution in [-0.2, 0) is 49.4 Å². The highest BCUT2D eigenvalue weighted by Crippen LogP contribution is 2.32. The monoisotopic (exact) mass is 871 g/mol. The molecule has 3 amide bonds. The van der Waals surface area contributed by atoms with E-state index in [1.165, 1.54) is 19.1 Å². The van der Waals surface area contributed by atoms with Gasteiger partial charge >= 0.3 is 5.97 Å². The Morgan fingerprint density at radius 3 is 2.11 bits per heavy atom. The lowest BCUT2D eigenvalue weighted by atomic mass is 9.83. The number of Topliss-reactive ketones (excluding diaryl/α,β-unsaturated/α-hetero) is 2. The maximum Gasteiger partial charge on any atom is 0.307 e. The molecule has 16 heteroatoms. The van der Waals surface area contributed by atoms with E-state index in [4.69, 9.17) is 19.7 Å². The largest absolute Gasteiger partial charge is 0.481 e. The van der Waals surface area contributed by atoms with Gasteiger partial charge in [-0.05, 0) is 48.1 Å². The first kappa shape index (κ1) is 53.8. The molecule has 1 saturated heterocycles. The first-order valence-corrected chi connectivity index (χ1v) is 22.1. The van der Waals surface area contributed by atoms with Gasteiger partial charge < -0.3 is 34.0 Å². The summed E-state index contributed by atoms with van der Waals surface area (Å²) >= 11 is 0. The summed E-state index contributed by atoms with van der Waals surface area (Å²) in [5, 5.41) is 13.4. The standard InChI is InChI=1S/C46H74N6O10/c1-12-31(6)43(51(9)45(57)35(29(2)3)27-38(54)42(30(4)5)50(8)40(55)20-23-62-24-21-48-49-47)39(60-10)28-41(56)52-22-16-19-36(52)44(61-11)32(7)37(53)26-34(46(58)59)25-33-17-14-13-15-18-33/h13-15,17-18,29-32,34-36,39,42-44H,12,16,19-28H2,1-11H3,(H,58,59)/t31-,32-,34+,35-,36-,39+,42-,43-,44+/m0/s1. The number of carbonyl (C=O) groups excluding carboxylic acids is 5. The third kappa shape index (κ3) is 15.5. The van der Waals surface area contributed by atoms with Gasteiger partial charge in [-0.2, -0.15) is 0 Å². The van der Waals surface area contributed by atoms with Crippen LogP contribution in [0.2, 0.25) is 0 Å². The number of likely N-dealkylation sites (tertiary alicyclic amines) is 1. The highest BCUT2D eigenvalue weighted by atomic mass is 16.5. The van der Waals surface area contributed by atoms with E-state index < -0.39 is 54.1 Å². The van der Waals surface area contributed by atoms with Crippen molar-refractivity contribution in [2.75, 3.05) is 54.6 Å². The smallest absolute Gasteiger partial charge is 0.307 e. The zero-order valence-corrected chi connectivity index (χ0v) is 39.0. The third-order valence-electron chi connectivity index (χ3n) is 12.6. The third-order valence-corrected chi connectivity index (χ3v) is 12.6. The Bertz CT molecular complexity index is 1650. The molecule has 1 aromatic carbocycles. The van der Waals surface area contributed by atoms with E-state index in [-0.39, 0.29) is 98.9 Å². The minimum absolute atomic E-state index is 0.0378. The summed E-state index contributed by atoms with van der Waals surface area (Å²) in [4.78, 5) is 89.4. The van der Waals surface area contributed by atoms with Crippen molar-refractivity contribution < 1.29 is 48.1 Å². The number of carbonyl (C=O) groups is 6. The number of nitrogens with zero attached hydrogens (tertiary/aromatic N) is 6. The molecule has 1 heterocycles. The van der Waals surface area contributed by atoms with Crippen molar-refractivity contribution in [1.29, 1.82) is 0 Å². The summed E-state index contributed by atoms with van der Waals surface area (Å²) < 4.78 is 17.4. The average molecular weight is 871 g/mol. The molecule has 0 aliphatic carbocycles. The van der Waals surface area contributed by atoms with Gasteiger partial charge in [-0.1, -0.05) is 90.3 Å². The van der Waals surface area contributed by atoms with Gasteiger partial charge in [0.1, 0.15) is 5.78 Å². The number of carboxylic acids is 1. The topological polar surface area (TPSA) is 209 Å². The zero-order valence-electron chi connectivity index (χ0n) is 39.0. The summed E-state index contributed by atoms with van der Waals surface area (Å²) in [5.41, 5.74) is 9.26. The van der Waals surface area contributed by atoms with Crippen LogP contribution in [0, 0.1) is 35.5 Å². The average Bonchev–Trinajstić information content (AvgIpc) is 3.73. The molecule has 62 heavy (non-hydrogen) atoms. The Morgan fingerprint density at radius 2 is 1.56 bits per heavy atom. The molecule has 1 aliphatic rings. The van der Waals surface area contributed by atoms with Gasteiger partial charge in [0.2, 0.25) is 17.7 Å². The number of amides is 3. The lowest BCUT2D eigenvalue weighted by Gasteiger charge is -2.41. The molecule has 0 radical (unpaired) electrons. The number of aliphatic carboxylic acids is 1. The summed E-state index contributed by atoms with van der Waals surface area (Å²) in [6.07, 6.45) is 0.586. The van der Waals surface area contributed by atoms with Crippen LogP contribution >= 0.6 is 0 Å². The van der Waals surface area contributed by atoms with Crippen molar-refractivity contribution in [3.63, 3.8) is 0 Å². The molecule has 1 fully saturated rings. The normalized spacial score (nSPS) is 17.9. The van der Waals surface area contributed by atoms with Crippen molar-refractivity contribution in [1.82, 2.24) is 14.7 Å². The predicted octanol–water partition coefficient (Wildman–Crippen LogP) is 6.24. The van der Waals surface area contributed by atoms with E-state index in [2.05, 4.69) is 10.0 Å². The predicted molar refractivity (Wildman–Crippen MR) is 236 cm³/mol. The Balaban J connectivity index is 2.25. The van der Waals surface area contributed by atoms with E-state index in [0.29, 0.717) is 25.8 Å². The number of hydrogen-bond donors (Lipinski definition) is 1. The molecule has 1 aliphatic heterocycles. The first-order valence-electron chi connectivity index (χ1n) is 22.1. The van der Waals surface area contributed by atoms with Crippen molar-refractivity contribution in [2.24, 2.45) is 40.6 Å². The van der Waals surface area contributed by atoms with Crippen LogP contribution in [0.15, 0.2) is 35.4 Å². The van der Waals surface area contributed by atoms with Gasteiger partial charge in [0.25, 0.3) is 0 Å². The minimum Gasteiger partial charge on any atom is -0.481 e. The number of azide groups is 1. The van der Waals surface area contributed by atoms with Gasteiger partial charge in [-0.3, -0.25) is 28.8 Å². The number of likely N-dealkylation sites (N-methyl/N-ethyl adjacent to an activating group) is 2. The van der Waals surface area contributed by atoms with E-state index in [9.17, 15) is 33.9 Å². The van der Waals surface area contributed by atoms with E-state index >= 15 is 0 Å². The van der Waals surface area contributed by atoms with Gasteiger partial charge in [0, 0.05) is 71.0 Å². The van der Waals surface area contributed by atoms with Gasteiger partial charge in [-0.25, -0.2) is 0 Å². The van der Waals surface area contributed by atoms with E-state index in [1.54, 1.807) is 30.8 Å². The number of rotatable bonds is 29. The SMILES string of the molecule is CC[C@H](C)[C@@H]([C@@H](CC(=O)N1CCC[C@H]1[C@H](OC)[C@@H](C)C(=O)C[C@@H](Cc1ccccc1)C(=O)O)OC)N(C)C(=O)[C@@H](CC(=O)[C@H](C(C)C)N(C)C(=O)CCOCCN=[N+]=[N-])C(C)C. The molecule has 1 aromatic rings. The Labute approximate surface area is 369 Å². The van der Waals surface area contributed by atoms with Crippen LogP contribution in [0.1, 0.15) is 99.0 Å². The number of ether oxygens (including phenoxy) is 3. The number of hydrogen-bond acceptors (Lipinski definition) is 10. The summed E-state index contributed by atoms with van der Waals surface area (Å²) in [7, 11) is 6.31. The molecule has 0 spiro atoms. The van der Waals surface area contributed by atoms with Crippen molar-refractivity contribution in [3.05, 3.63) is 46.3 Å². The van der Waals surface area contributed by atoms with Crippen LogP contribution in [0.25, 0.3) is 10.4 Å². The summed E-state index contributed by atoms with van der Waals surface area (Å²) in [6, 6.07) is 7.48.